The summed E-state index contributed by atoms with van der Waals surface area (Å²) in [6, 6.07) is 2.47. The lowest BCUT2D eigenvalue weighted by molar-refractivity contribution is -0.142. The van der Waals surface area contributed by atoms with Crippen LogP contribution in [0.5, 0.6) is 5.75 Å². The van der Waals surface area contributed by atoms with Gasteiger partial charge in [0, 0.05) is 11.6 Å². The van der Waals surface area contributed by atoms with Crippen LogP contribution in [0.2, 0.25) is 5.02 Å². The van der Waals surface area contributed by atoms with E-state index < -0.39 is 12.6 Å². The van der Waals surface area contributed by atoms with Crippen molar-refractivity contribution in [1.82, 2.24) is 0 Å². The third-order valence-corrected chi connectivity index (χ3v) is 2.36. The Morgan fingerprint density at radius 1 is 1.50 bits per heavy atom. The maximum absolute atomic E-state index is 12.2. The molecule has 1 rings (SSSR count). The van der Waals surface area contributed by atoms with Crippen LogP contribution in [0.4, 0.5) is 14.5 Å². The van der Waals surface area contributed by atoms with Crippen LogP contribution >= 0.6 is 11.6 Å². The van der Waals surface area contributed by atoms with Crippen molar-refractivity contribution in [2.24, 2.45) is 0 Å². The van der Waals surface area contributed by atoms with Crippen LogP contribution < -0.4 is 10.5 Å². The molecule has 100 valence electrons. The van der Waals surface area contributed by atoms with Gasteiger partial charge in [0.1, 0.15) is 5.75 Å². The number of nitrogen functional groups attached to an aromatic ring is 1. The summed E-state index contributed by atoms with van der Waals surface area (Å²) in [4.78, 5) is 11.3. The smallest absolute Gasteiger partial charge is 0.387 e. The van der Waals surface area contributed by atoms with Gasteiger partial charge in [-0.25, -0.2) is 0 Å². The van der Waals surface area contributed by atoms with Gasteiger partial charge in [-0.15, -0.1) is 0 Å². The molecule has 0 aliphatic carbocycles. The average Bonchev–Trinajstić information content (AvgIpc) is 2.25. The van der Waals surface area contributed by atoms with Crippen LogP contribution in [0.3, 0.4) is 0 Å². The Morgan fingerprint density at radius 2 is 2.17 bits per heavy atom. The van der Waals surface area contributed by atoms with E-state index in [0.29, 0.717) is 0 Å². The molecule has 0 unspecified atom stereocenters. The van der Waals surface area contributed by atoms with Crippen LogP contribution in [-0.4, -0.2) is 19.2 Å². The second kappa shape index (κ2) is 6.39. The third kappa shape index (κ3) is 4.03. The van der Waals surface area contributed by atoms with Gasteiger partial charge in [0.15, 0.2) is 0 Å². The fourth-order valence-corrected chi connectivity index (χ4v) is 1.51. The van der Waals surface area contributed by atoms with Gasteiger partial charge in [-0.1, -0.05) is 11.6 Å². The van der Waals surface area contributed by atoms with Crippen molar-refractivity contribution >= 4 is 23.3 Å². The number of ether oxygens (including phenoxy) is 2. The number of alkyl halides is 2. The summed E-state index contributed by atoms with van der Waals surface area (Å²) in [6.07, 6.45) is -0.212. The Kier molecular flexibility index (Phi) is 5.15. The van der Waals surface area contributed by atoms with Gasteiger partial charge in [-0.2, -0.15) is 8.78 Å². The van der Waals surface area contributed by atoms with Gasteiger partial charge >= 0.3 is 12.6 Å². The average molecular weight is 280 g/mol. The van der Waals surface area contributed by atoms with Crippen molar-refractivity contribution in [3.63, 3.8) is 0 Å². The highest BCUT2D eigenvalue weighted by Gasteiger charge is 2.15. The van der Waals surface area contributed by atoms with Crippen molar-refractivity contribution in [3.8, 4) is 5.75 Å². The Balaban J connectivity index is 2.99. The number of rotatable bonds is 5. The predicted octanol–water partition coefficient (Wildman–Crippen LogP) is 2.63. The molecule has 1 aromatic carbocycles. The molecule has 0 saturated carbocycles. The van der Waals surface area contributed by atoms with Gasteiger partial charge in [0.2, 0.25) is 0 Å². The molecule has 0 aliphatic heterocycles. The van der Waals surface area contributed by atoms with Gasteiger partial charge in [-0.05, 0) is 13.0 Å². The van der Waals surface area contributed by atoms with Crippen LogP contribution in [-0.2, 0) is 16.0 Å². The summed E-state index contributed by atoms with van der Waals surface area (Å²) in [7, 11) is 0. The first-order chi connectivity index (χ1) is 8.43. The summed E-state index contributed by atoms with van der Waals surface area (Å²) in [5.41, 5.74) is 5.78. The number of anilines is 1. The fraction of sp³-hybridized carbons (Fsp3) is 0.364. The number of hydrogen-bond donors (Lipinski definition) is 1. The highest BCUT2D eigenvalue weighted by atomic mass is 35.5. The Labute approximate surface area is 108 Å². The number of carbonyl (C=O) groups excluding carboxylic acids is 1. The quantitative estimate of drug-likeness (QED) is 0.665. The lowest BCUT2D eigenvalue weighted by Crippen LogP contribution is -2.11. The molecule has 1 aromatic rings. The number of esters is 1. The normalized spacial score (nSPS) is 10.5. The van der Waals surface area contributed by atoms with Crippen molar-refractivity contribution in [2.75, 3.05) is 12.3 Å². The second-order valence-electron chi connectivity index (χ2n) is 3.34. The predicted molar refractivity (Wildman–Crippen MR) is 62.8 cm³/mol. The molecular weight excluding hydrogens is 268 g/mol. The molecule has 0 spiro atoms. The molecule has 2 N–H and O–H groups in total. The monoisotopic (exact) mass is 279 g/mol. The number of benzene rings is 1. The molecule has 0 heterocycles. The van der Waals surface area contributed by atoms with Gasteiger partial charge in [-0.3, -0.25) is 4.79 Å². The lowest BCUT2D eigenvalue weighted by atomic mass is 10.1. The van der Waals surface area contributed by atoms with E-state index in [2.05, 4.69) is 4.74 Å². The van der Waals surface area contributed by atoms with Crippen LogP contribution in [0.1, 0.15) is 12.5 Å². The maximum Gasteiger partial charge on any atom is 0.387 e. The lowest BCUT2D eigenvalue weighted by Gasteiger charge is -2.12. The first kappa shape index (κ1) is 14.5. The Hall–Kier alpha value is -1.56. The van der Waals surface area contributed by atoms with E-state index in [1.54, 1.807) is 6.92 Å². The molecule has 0 radical (unpaired) electrons. The van der Waals surface area contributed by atoms with E-state index in [0.717, 1.165) is 6.07 Å². The van der Waals surface area contributed by atoms with E-state index in [1.165, 1.54) is 6.07 Å². The highest BCUT2D eigenvalue weighted by Crippen LogP contribution is 2.30. The molecular formula is C11H12ClF2NO3. The summed E-state index contributed by atoms with van der Waals surface area (Å²) >= 11 is 5.76. The van der Waals surface area contributed by atoms with Gasteiger partial charge < -0.3 is 15.2 Å². The van der Waals surface area contributed by atoms with Crippen molar-refractivity contribution in [3.05, 3.63) is 22.7 Å². The van der Waals surface area contributed by atoms with Crippen LogP contribution in [0.15, 0.2) is 12.1 Å². The summed E-state index contributed by atoms with van der Waals surface area (Å²) < 4.78 is 33.4. The highest BCUT2D eigenvalue weighted by molar-refractivity contribution is 6.33. The van der Waals surface area contributed by atoms with Crippen LogP contribution in [0.25, 0.3) is 0 Å². The zero-order valence-electron chi connectivity index (χ0n) is 9.58. The third-order valence-electron chi connectivity index (χ3n) is 2.04. The molecule has 0 saturated heterocycles. The number of nitrogens with two attached hydrogens (primary N) is 1. The molecule has 18 heavy (non-hydrogen) atoms. The number of carbonyl (C=O) groups is 1. The van der Waals surface area contributed by atoms with E-state index in [9.17, 15) is 13.6 Å². The summed E-state index contributed by atoms with van der Waals surface area (Å²) in [6.45, 7) is -1.16. The van der Waals surface area contributed by atoms with E-state index in [-0.39, 0.29) is 35.1 Å². The minimum absolute atomic E-state index is 0.0972. The maximum atomic E-state index is 12.2. The summed E-state index contributed by atoms with van der Waals surface area (Å²) in [5.74, 6) is -0.739. The molecule has 0 aromatic heterocycles. The molecule has 0 atom stereocenters. The molecule has 0 aliphatic rings. The van der Waals surface area contributed by atoms with Gasteiger partial charge in [0.25, 0.3) is 0 Å². The first-order valence-corrected chi connectivity index (χ1v) is 5.50. The minimum atomic E-state index is -3.01. The topological polar surface area (TPSA) is 61.5 Å². The van der Waals surface area contributed by atoms with E-state index >= 15 is 0 Å². The van der Waals surface area contributed by atoms with Crippen molar-refractivity contribution in [1.29, 1.82) is 0 Å². The zero-order chi connectivity index (χ0) is 13.7. The molecule has 0 fully saturated rings. The Morgan fingerprint density at radius 3 is 2.72 bits per heavy atom. The van der Waals surface area contributed by atoms with Crippen molar-refractivity contribution in [2.45, 2.75) is 20.0 Å². The fourth-order valence-electron chi connectivity index (χ4n) is 1.32. The van der Waals surface area contributed by atoms with Crippen LogP contribution in [0, 0.1) is 0 Å². The summed E-state index contributed by atoms with van der Waals surface area (Å²) in [5, 5.41) is 0.163. The minimum Gasteiger partial charge on any atom is -0.466 e. The molecule has 4 nitrogen and oxygen atoms in total. The van der Waals surface area contributed by atoms with Crippen molar-refractivity contribution < 1.29 is 23.0 Å². The number of halogens is 3. The van der Waals surface area contributed by atoms with E-state index in [1.807, 2.05) is 0 Å². The zero-order valence-corrected chi connectivity index (χ0v) is 10.3. The molecule has 7 heteroatoms. The SMILES string of the molecule is CCOC(=O)Cc1cc(Cl)c(N)cc1OC(F)F. The largest absolute Gasteiger partial charge is 0.466 e. The second-order valence-corrected chi connectivity index (χ2v) is 3.75. The molecule has 0 amide bonds. The Bertz CT molecular complexity index is 441. The van der Waals surface area contributed by atoms with E-state index in [4.69, 9.17) is 22.1 Å². The standard InChI is InChI=1S/C11H12ClF2NO3/c1-2-17-10(16)4-6-3-7(12)8(15)5-9(6)18-11(13)14/h3,5,11H,2,4,15H2,1H3. The number of hydrogen-bond acceptors (Lipinski definition) is 4. The van der Waals surface area contributed by atoms with Gasteiger partial charge in [0.05, 0.1) is 23.7 Å². The molecule has 0 bridgehead atoms. The first-order valence-electron chi connectivity index (χ1n) is 5.12.